The first-order valence-electron chi connectivity index (χ1n) is 5.88. The van der Waals surface area contributed by atoms with Gasteiger partial charge < -0.3 is 9.52 Å². The van der Waals surface area contributed by atoms with Gasteiger partial charge in [0.2, 0.25) is 5.89 Å². The van der Waals surface area contributed by atoms with Crippen LogP contribution in [0.25, 0.3) is 22.6 Å². The Morgan fingerprint density at radius 1 is 1.11 bits per heavy atom. The molecule has 18 heavy (non-hydrogen) atoms. The van der Waals surface area contributed by atoms with Crippen molar-refractivity contribution in [1.29, 1.82) is 0 Å². The van der Waals surface area contributed by atoms with Crippen molar-refractivity contribution in [3.05, 3.63) is 54.1 Å². The van der Waals surface area contributed by atoms with Gasteiger partial charge in [-0.25, -0.2) is 4.98 Å². The number of aliphatic hydroxyl groups excluding tert-OH is 1. The second-order valence-corrected chi connectivity index (χ2v) is 4.29. The Morgan fingerprint density at radius 3 is 2.61 bits per heavy atom. The number of fused-ring (bicyclic) bond motifs is 1. The molecule has 0 aliphatic heterocycles. The van der Waals surface area contributed by atoms with Crippen molar-refractivity contribution in [3.8, 4) is 11.5 Å². The smallest absolute Gasteiger partial charge is 0.227 e. The summed E-state index contributed by atoms with van der Waals surface area (Å²) in [5.74, 6) is 0.605. The average Bonchev–Trinajstić information content (AvgIpc) is 2.82. The highest BCUT2D eigenvalue weighted by Crippen LogP contribution is 2.26. The molecule has 1 N–H and O–H groups in total. The molecule has 0 bridgehead atoms. The summed E-state index contributed by atoms with van der Waals surface area (Å²) >= 11 is 0. The minimum absolute atomic E-state index is 0.500. The molecule has 0 radical (unpaired) electrons. The van der Waals surface area contributed by atoms with Crippen molar-refractivity contribution >= 4 is 11.1 Å². The van der Waals surface area contributed by atoms with Gasteiger partial charge in [0.15, 0.2) is 5.58 Å². The lowest BCUT2D eigenvalue weighted by molar-refractivity contribution is 0.199. The van der Waals surface area contributed by atoms with Crippen molar-refractivity contribution in [1.82, 2.24) is 4.98 Å². The van der Waals surface area contributed by atoms with Gasteiger partial charge in [0, 0.05) is 5.56 Å². The maximum Gasteiger partial charge on any atom is 0.227 e. The van der Waals surface area contributed by atoms with Crippen LogP contribution in [0.4, 0.5) is 0 Å². The normalized spacial score (nSPS) is 12.8. The van der Waals surface area contributed by atoms with E-state index in [1.54, 1.807) is 6.92 Å². The highest BCUT2D eigenvalue weighted by atomic mass is 16.3. The zero-order chi connectivity index (χ0) is 12.5. The summed E-state index contributed by atoms with van der Waals surface area (Å²) in [6, 6.07) is 15.3. The first-order valence-corrected chi connectivity index (χ1v) is 5.88. The fraction of sp³-hybridized carbons (Fsp3) is 0.133. The molecule has 1 aromatic heterocycles. The quantitative estimate of drug-likeness (QED) is 0.743. The molecule has 0 spiro atoms. The summed E-state index contributed by atoms with van der Waals surface area (Å²) < 4.78 is 5.72. The van der Waals surface area contributed by atoms with Crippen molar-refractivity contribution in [2.24, 2.45) is 0 Å². The van der Waals surface area contributed by atoms with Crippen LogP contribution in [-0.4, -0.2) is 10.1 Å². The number of nitrogens with zero attached hydrogens (tertiary/aromatic N) is 1. The van der Waals surface area contributed by atoms with Gasteiger partial charge in [-0.05, 0) is 36.8 Å². The summed E-state index contributed by atoms with van der Waals surface area (Å²) in [4.78, 5) is 4.44. The van der Waals surface area contributed by atoms with E-state index in [1.165, 1.54) is 0 Å². The predicted molar refractivity (Wildman–Crippen MR) is 70.1 cm³/mol. The zero-order valence-corrected chi connectivity index (χ0v) is 10.00. The van der Waals surface area contributed by atoms with E-state index in [4.69, 9.17) is 4.42 Å². The zero-order valence-electron chi connectivity index (χ0n) is 10.00. The number of aromatic nitrogens is 1. The van der Waals surface area contributed by atoms with Gasteiger partial charge in [0.05, 0.1) is 6.10 Å². The van der Waals surface area contributed by atoms with Crippen LogP contribution in [0.2, 0.25) is 0 Å². The molecule has 1 atom stereocenters. The van der Waals surface area contributed by atoms with Crippen LogP contribution in [0.15, 0.2) is 52.9 Å². The van der Waals surface area contributed by atoms with Crippen molar-refractivity contribution in [3.63, 3.8) is 0 Å². The summed E-state index contributed by atoms with van der Waals surface area (Å²) in [7, 11) is 0. The fourth-order valence-corrected chi connectivity index (χ4v) is 1.91. The Bertz CT molecular complexity index is 671. The lowest BCUT2D eigenvalue weighted by Crippen LogP contribution is -1.89. The average molecular weight is 239 g/mol. The van der Waals surface area contributed by atoms with E-state index in [0.717, 1.165) is 16.6 Å². The molecule has 1 unspecified atom stereocenters. The third-order valence-electron chi connectivity index (χ3n) is 2.92. The Morgan fingerprint density at radius 2 is 1.89 bits per heavy atom. The number of benzene rings is 2. The number of hydrogen-bond acceptors (Lipinski definition) is 3. The van der Waals surface area contributed by atoms with Crippen LogP contribution in [0, 0.1) is 0 Å². The Balaban J connectivity index is 2.11. The third-order valence-corrected chi connectivity index (χ3v) is 2.92. The van der Waals surface area contributed by atoms with E-state index < -0.39 is 6.10 Å². The minimum atomic E-state index is -0.500. The highest BCUT2D eigenvalue weighted by Gasteiger charge is 2.09. The molecule has 1 heterocycles. The summed E-state index contributed by atoms with van der Waals surface area (Å²) in [5.41, 5.74) is 3.29. The van der Waals surface area contributed by atoms with E-state index in [1.807, 2.05) is 48.5 Å². The molecule has 0 saturated carbocycles. The molecule has 3 nitrogen and oxygen atoms in total. The molecular formula is C15H13NO2. The fourth-order valence-electron chi connectivity index (χ4n) is 1.91. The monoisotopic (exact) mass is 239 g/mol. The Hall–Kier alpha value is -2.13. The second-order valence-electron chi connectivity index (χ2n) is 4.29. The van der Waals surface area contributed by atoms with Gasteiger partial charge in [-0.1, -0.05) is 24.3 Å². The van der Waals surface area contributed by atoms with E-state index in [0.29, 0.717) is 11.5 Å². The summed E-state index contributed by atoms with van der Waals surface area (Å²) in [6.07, 6.45) is -0.500. The van der Waals surface area contributed by atoms with Crippen LogP contribution in [0.5, 0.6) is 0 Å². The Labute approximate surface area is 105 Å². The molecule has 0 saturated heterocycles. The predicted octanol–water partition coefficient (Wildman–Crippen LogP) is 3.55. The van der Waals surface area contributed by atoms with E-state index in [-0.39, 0.29) is 0 Å². The molecular weight excluding hydrogens is 226 g/mol. The largest absolute Gasteiger partial charge is 0.436 e. The van der Waals surface area contributed by atoms with Gasteiger partial charge >= 0.3 is 0 Å². The standard InChI is InChI=1S/C15H13NO2/c1-10(17)12-7-8-13-14(9-12)18-15(16-13)11-5-3-2-4-6-11/h2-10,17H,1H3. The maximum absolute atomic E-state index is 9.54. The Kier molecular flexibility index (Phi) is 2.61. The molecule has 90 valence electrons. The number of hydrogen-bond donors (Lipinski definition) is 1. The molecule has 2 aromatic carbocycles. The van der Waals surface area contributed by atoms with Gasteiger partial charge in [-0.3, -0.25) is 0 Å². The van der Waals surface area contributed by atoms with Crippen molar-refractivity contribution in [2.45, 2.75) is 13.0 Å². The van der Waals surface area contributed by atoms with Crippen molar-refractivity contribution in [2.75, 3.05) is 0 Å². The van der Waals surface area contributed by atoms with Gasteiger partial charge in [0.1, 0.15) is 5.52 Å². The lowest BCUT2D eigenvalue weighted by atomic mass is 10.1. The number of aliphatic hydroxyl groups is 1. The summed E-state index contributed by atoms with van der Waals surface area (Å²) in [6.45, 7) is 1.73. The van der Waals surface area contributed by atoms with Crippen LogP contribution < -0.4 is 0 Å². The first-order chi connectivity index (χ1) is 8.74. The van der Waals surface area contributed by atoms with E-state index in [9.17, 15) is 5.11 Å². The lowest BCUT2D eigenvalue weighted by Gasteiger charge is -2.02. The van der Waals surface area contributed by atoms with Gasteiger partial charge in [-0.15, -0.1) is 0 Å². The molecule has 3 rings (SSSR count). The first kappa shape index (κ1) is 11.0. The SMILES string of the molecule is CC(O)c1ccc2nc(-c3ccccc3)oc2c1. The van der Waals surface area contributed by atoms with Crippen LogP contribution in [0.3, 0.4) is 0 Å². The summed E-state index contributed by atoms with van der Waals surface area (Å²) in [5, 5.41) is 9.54. The topological polar surface area (TPSA) is 46.3 Å². The van der Waals surface area contributed by atoms with E-state index in [2.05, 4.69) is 4.98 Å². The van der Waals surface area contributed by atoms with Crippen LogP contribution >= 0.6 is 0 Å². The molecule has 0 aliphatic carbocycles. The molecule has 3 heteroatoms. The number of rotatable bonds is 2. The number of oxazole rings is 1. The second kappa shape index (κ2) is 4.27. The molecule has 0 fully saturated rings. The molecule has 0 aliphatic rings. The van der Waals surface area contributed by atoms with Gasteiger partial charge in [0.25, 0.3) is 0 Å². The van der Waals surface area contributed by atoms with Crippen LogP contribution in [0.1, 0.15) is 18.6 Å². The van der Waals surface area contributed by atoms with Crippen LogP contribution in [-0.2, 0) is 0 Å². The molecule has 3 aromatic rings. The maximum atomic E-state index is 9.54. The highest BCUT2D eigenvalue weighted by molar-refractivity contribution is 5.76. The van der Waals surface area contributed by atoms with Crippen molar-refractivity contribution < 1.29 is 9.52 Å². The molecule has 0 amide bonds. The third kappa shape index (κ3) is 1.89. The van der Waals surface area contributed by atoms with E-state index >= 15 is 0 Å². The van der Waals surface area contributed by atoms with Gasteiger partial charge in [-0.2, -0.15) is 0 Å². The minimum Gasteiger partial charge on any atom is -0.436 e.